The minimum absolute atomic E-state index is 0.609. The molecular weight excluding hydrogens is 360 g/mol. The van der Waals surface area contributed by atoms with Crippen molar-refractivity contribution in [3.8, 4) is 5.69 Å². The van der Waals surface area contributed by atoms with Crippen molar-refractivity contribution in [1.29, 1.82) is 0 Å². The van der Waals surface area contributed by atoms with E-state index in [1.54, 1.807) is 6.20 Å². The molecule has 4 aromatic rings. The highest BCUT2D eigenvalue weighted by molar-refractivity contribution is 5.83. The number of aromatic amines is 1. The molecule has 0 bridgehead atoms. The topological polar surface area (TPSA) is 70.0 Å². The zero-order valence-electron chi connectivity index (χ0n) is 16.6. The van der Waals surface area contributed by atoms with E-state index in [2.05, 4.69) is 70.2 Å². The van der Waals surface area contributed by atoms with Crippen LogP contribution in [0.2, 0.25) is 0 Å². The highest BCUT2D eigenvalue weighted by atomic mass is 15.3. The van der Waals surface area contributed by atoms with Gasteiger partial charge in [0, 0.05) is 42.6 Å². The first-order valence-electron chi connectivity index (χ1n) is 9.99. The lowest BCUT2D eigenvalue weighted by atomic mass is 10.1. The van der Waals surface area contributed by atoms with Gasteiger partial charge in [-0.3, -0.25) is 0 Å². The summed E-state index contributed by atoms with van der Waals surface area (Å²) in [5.74, 6) is 0.830. The highest BCUT2D eigenvalue weighted by Crippen LogP contribution is 2.17. The summed E-state index contributed by atoms with van der Waals surface area (Å²) in [6.45, 7) is 4.33. The van der Waals surface area contributed by atoms with Gasteiger partial charge >= 0.3 is 0 Å². The number of para-hydroxylation sites is 1. The van der Waals surface area contributed by atoms with Gasteiger partial charge < -0.3 is 15.6 Å². The summed E-state index contributed by atoms with van der Waals surface area (Å²) in [6.07, 6.45) is 6.75. The lowest BCUT2D eigenvalue weighted by Gasteiger charge is -2.11. The Morgan fingerprint density at radius 2 is 2.03 bits per heavy atom. The number of rotatable bonds is 7. The van der Waals surface area contributed by atoms with Gasteiger partial charge in [-0.15, -0.1) is 0 Å². The maximum absolute atomic E-state index is 4.74. The molecule has 2 aromatic carbocycles. The average Bonchev–Trinajstić information content (AvgIpc) is 3.43. The van der Waals surface area contributed by atoms with Gasteiger partial charge in [-0.25, -0.2) is 9.67 Å². The second kappa shape index (κ2) is 9.10. The first-order chi connectivity index (χ1) is 14.3. The number of fused-ring (bicyclic) bond motifs is 1. The number of aliphatic imine (C=N–C) groups is 1. The van der Waals surface area contributed by atoms with Crippen LogP contribution in [0.4, 0.5) is 0 Å². The molecule has 0 spiro atoms. The van der Waals surface area contributed by atoms with Crippen molar-refractivity contribution in [3.63, 3.8) is 0 Å². The van der Waals surface area contributed by atoms with E-state index < -0.39 is 0 Å². The lowest BCUT2D eigenvalue weighted by Crippen LogP contribution is -2.38. The molecule has 0 fully saturated rings. The Morgan fingerprint density at radius 3 is 2.90 bits per heavy atom. The van der Waals surface area contributed by atoms with Crippen molar-refractivity contribution in [2.75, 3.05) is 13.1 Å². The van der Waals surface area contributed by atoms with Crippen LogP contribution in [-0.2, 0) is 13.0 Å². The summed E-state index contributed by atoms with van der Waals surface area (Å²) in [7, 11) is 0. The number of nitrogens with one attached hydrogen (secondary N) is 3. The fourth-order valence-electron chi connectivity index (χ4n) is 3.38. The molecule has 0 aliphatic heterocycles. The SMILES string of the molecule is CCNC(=NCc1cccc(-n2cccn2)c1)NCCc1c[nH]c2ccccc12. The summed E-state index contributed by atoms with van der Waals surface area (Å²) in [5, 5.41) is 12.3. The third-order valence-electron chi connectivity index (χ3n) is 4.81. The fraction of sp³-hybridized carbons (Fsp3) is 0.217. The van der Waals surface area contributed by atoms with E-state index in [1.807, 2.05) is 29.1 Å². The molecule has 4 rings (SSSR count). The van der Waals surface area contributed by atoms with Gasteiger partial charge in [-0.2, -0.15) is 5.10 Å². The largest absolute Gasteiger partial charge is 0.361 e. The molecular formula is C23H26N6. The molecule has 0 radical (unpaired) electrons. The smallest absolute Gasteiger partial charge is 0.191 e. The number of aromatic nitrogens is 3. The van der Waals surface area contributed by atoms with E-state index in [-0.39, 0.29) is 0 Å². The average molecular weight is 387 g/mol. The van der Waals surface area contributed by atoms with Gasteiger partial charge in [0.2, 0.25) is 0 Å². The first kappa shape index (κ1) is 18.8. The van der Waals surface area contributed by atoms with Crippen molar-refractivity contribution in [3.05, 3.63) is 84.3 Å². The Morgan fingerprint density at radius 1 is 1.10 bits per heavy atom. The Kier molecular flexibility index (Phi) is 5.90. The standard InChI is InChI=1S/C23H26N6/c1-2-24-23(25-13-11-19-17-26-22-10-4-3-9-21(19)22)27-16-18-7-5-8-20(15-18)29-14-6-12-28-29/h3-10,12,14-15,17,26H,2,11,13,16H2,1H3,(H2,24,25,27). The molecule has 29 heavy (non-hydrogen) atoms. The van der Waals surface area contributed by atoms with Gasteiger partial charge in [0.1, 0.15) is 0 Å². The maximum Gasteiger partial charge on any atom is 0.191 e. The Hall–Kier alpha value is -3.54. The van der Waals surface area contributed by atoms with E-state index in [1.165, 1.54) is 16.5 Å². The van der Waals surface area contributed by atoms with Crippen LogP contribution in [0.15, 0.2) is 78.2 Å². The number of hydrogen-bond donors (Lipinski definition) is 3. The molecule has 0 atom stereocenters. The van der Waals surface area contributed by atoms with E-state index in [4.69, 9.17) is 4.99 Å². The molecule has 2 aromatic heterocycles. The number of hydrogen-bond acceptors (Lipinski definition) is 2. The minimum Gasteiger partial charge on any atom is -0.361 e. The Labute approximate surface area is 170 Å². The predicted molar refractivity (Wildman–Crippen MR) is 118 cm³/mol. The third-order valence-corrected chi connectivity index (χ3v) is 4.81. The molecule has 0 saturated heterocycles. The molecule has 148 valence electrons. The van der Waals surface area contributed by atoms with Crippen LogP contribution in [0.1, 0.15) is 18.1 Å². The molecule has 3 N–H and O–H groups in total. The monoisotopic (exact) mass is 386 g/mol. The number of H-pyrrole nitrogens is 1. The van der Waals surface area contributed by atoms with E-state index in [0.29, 0.717) is 6.54 Å². The quantitative estimate of drug-likeness (QED) is 0.335. The van der Waals surface area contributed by atoms with Crippen LogP contribution in [0, 0.1) is 0 Å². The highest BCUT2D eigenvalue weighted by Gasteiger charge is 2.04. The summed E-state index contributed by atoms with van der Waals surface area (Å²) < 4.78 is 1.86. The van der Waals surface area contributed by atoms with Gasteiger partial charge in [-0.05, 0) is 48.7 Å². The van der Waals surface area contributed by atoms with Crippen LogP contribution in [0.5, 0.6) is 0 Å². The first-order valence-corrected chi connectivity index (χ1v) is 9.99. The van der Waals surface area contributed by atoms with Crippen molar-refractivity contribution in [2.45, 2.75) is 19.9 Å². The summed E-state index contributed by atoms with van der Waals surface area (Å²) >= 11 is 0. The molecule has 0 saturated carbocycles. The number of benzene rings is 2. The zero-order chi connectivity index (χ0) is 19.9. The van der Waals surface area contributed by atoms with Crippen LogP contribution >= 0.6 is 0 Å². The zero-order valence-corrected chi connectivity index (χ0v) is 16.6. The number of guanidine groups is 1. The van der Waals surface area contributed by atoms with Gasteiger partial charge in [0.25, 0.3) is 0 Å². The summed E-state index contributed by atoms with van der Waals surface area (Å²) in [5.41, 5.74) is 4.68. The van der Waals surface area contributed by atoms with Crippen molar-refractivity contribution in [2.24, 2.45) is 4.99 Å². The van der Waals surface area contributed by atoms with Gasteiger partial charge in [0.15, 0.2) is 5.96 Å². The summed E-state index contributed by atoms with van der Waals surface area (Å²) in [6, 6.07) is 18.6. The molecule has 0 aliphatic carbocycles. The molecule has 0 amide bonds. The van der Waals surface area contributed by atoms with Crippen molar-refractivity contribution < 1.29 is 0 Å². The second-order valence-corrected chi connectivity index (χ2v) is 6.85. The van der Waals surface area contributed by atoms with E-state index in [9.17, 15) is 0 Å². The third kappa shape index (κ3) is 4.66. The van der Waals surface area contributed by atoms with E-state index in [0.717, 1.165) is 36.7 Å². The Balaban J connectivity index is 1.38. The predicted octanol–water partition coefficient (Wildman–Crippen LogP) is 3.65. The molecule has 6 nitrogen and oxygen atoms in total. The Bertz CT molecular complexity index is 1080. The van der Waals surface area contributed by atoms with Crippen LogP contribution in [-0.4, -0.2) is 33.8 Å². The molecule has 0 aliphatic rings. The van der Waals surface area contributed by atoms with Gasteiger partial charge in [0.05, 0.1) is 12.2 Å². The molecule has 0 unspecified atom stereocenters. The van der Waals surface area contributed by atoms with Gasteiger partial charge in [-0.1, -0.05) is 30.3 Å². The van der Waals surface area contributed by atoms with Crippen LogP contribution in [0.3, 0.4) is 0 Å². The van der Waals surface area contributed by atoms with Crippen molar-refractivity contribution in [1.82, 2.24) is 25.4 Å². The van der Waals surface area contributed by atoms with Crippen LogP contribution < -0.4 is 10.6 Å². The minimum atomic E-state index is 0.609. The van der Waals surface area contributed by atoms with E-state index >= 15 is 0 Å². The lowest BCUT2D eigenvalue weighted by molar-refractivity contribution is 0.801. The molecule has 6 heteroatoms. The second-order valence-electron chi connectivity index (χ2n) is 6.85. The normalized spacial score (nSPS) is 11.7. The number of nitrogens with zero attached hydrogens (tertiary/aromatic N) is 3. The van der Waals surface area contributed by atoms with Crippen molar-refractivity contribution >= 4 is 16.9 Å². The maximum atomic E-state index is 4.74. The molecule has 2 heterocycles. The van der Waals surface area contributed by atoms with Crippen LogP contribution in [0.25, 0.3) is 16.6 Å². The fourth-order valence-corrected chi connectivity index (χ4v) is 3.38. The summed E-state index contributed by atoms with van der Waals surface area (Å²) in [4.78, 5) is 8.08.